The molecule has 5 heteroatoms. The number of carbonyl (C=O) groups excluding carboxylic acids is 2. The Labute approximate surface area is 101 Å². The van der Waals surface area contributed by atoms with Crippen LogP contribution in [0.5, 0.6) is 0 Å². The second kappa shape index (κ2) is 7.84. The number of hydrogen-bond acceptors (Lipinski definition) is 5. The molecule has 0 amide bonds. The quantitative estimate of drug-likeness (QED) is 0.532. The number of carbonyl (C=O) groups is 2. The van der Waals surface area contributed by atoms with Crippen molar-refractivity contribution in [3.63, 3.8) is 0 Å². The first-order valence-electron chi connectivity index (χ1n) is 5.47. The lowest BCUT2D eigenvalue weighted by Gasteiger charge is -2.21. The Morgan fingerprint density at radius 1 is 1.35 bits per heavy atom. The molecule has 98 valence electrons. The van der Waals surface area contributed by atoms with Crippen molar-refractivity contribution in [1.82, 2.24) is 0 Å². The van der Waals surface area contributed by atoms with Gasteiger partial charge in [0.15, 0.2) is 6.10 Å². The first kappa shape index (κ1) is 15.6. The number of esters is 2. The number of rotatable bonds is 7. The first-order valence-corrected chi connectivity index (χ1v) is 5.47. The van der Waals surface area contributed by atoms with Gasteiger partial charge < -0.3 is 14.6 Å². The van der Waals surface area contributed by atoms with E-state index in [1.807, 2.05) is 13.8 Å². The summed E-state index contributed by atoms with van der Waals surface area (Å²) in [7, 11) is 1.16. The molecule has 0 saturated carbocycles. The summed E-state index contributed by atoms with van der Waals surface area (Å²) < 4.78 is 9.26. The minimum absolute atomic E-state index is 0.0569. The van der Waals surface area contributed by atoms with Gasteiger partial charge in [0, 0.05) is 0 Å². The van der Waals surface area contributed by atoms with Crippen molar-refractivity contribution < 1.29 is 24.2 Å². The molecule has 0 fully saturated rings. The molecule has 5 nitrogen and oxygen atoms in total. The number of aliphatic hydroxyl groups is 1. The van der Waals surface area contributed by atoms with Crippen LogP contribution < -0.4 is 0 Å². The van der Waals surface area contributed by atoms with E-state index in [0.717, 1.165) is 7.11 Å². The Kier molecular flexibility index (Phi) is 7.21. The van der Waals surface area contributed by atoms with Crippen LogP contribution in [0.1, 0.15) is 20.3 Å². The van der Waals surface area contributed by atoms with Gasteiger partial charge in [0.1, 0.15) is 6.61 Å². The molecule has 0 bridgehead atoms. The van der Waals surface area contributed by atoms with Crippen LogP contribution in [0.4, 0.5) is 0 Å². The van der Waals surface area contributed by atoms with Gasteiger partial charge in [-0.05, 0) is 12.3 Å². The molecule has 0 aliphatic carbocycles. The molecule has 0 aromatic heterocycles. The molecule has 0 aliphatic heterocycles. The van der Waals surface area contributed by atoms with Gasteiger partial charge >= 0.3 is 11.9 Å². The minimum atomic E-state index is -1.49. The third-order valence-electron chi connectivity index (χ3n) is 2.20. The van der Waals surface area contributed by atoms with Gasteiger partial charge in [0.05, 0.1) is 13.0 Å². The van der Waals surface area contributed by atoms with Crippen molar-refractivity contribution in [3.05, 3.63) is 12.7 Å². The highest BCUT2D eigenvalue weighted by Crippen LogP contribution is 2.18. The largest absolute Gasteiger partial charge is 0.467 e. The van der Waals surface area contributed by atoms with Gasteiger partial charge in [0.25, 0.3) is 0 Å². The zero-order valence-corrected chi connectivity index (χ0v) is 10.5. The highest BCUT2D eigenvalue weighted by Gasteiger charge is 2.34. The standard InChI is InChI=1S/C12H20O5/c1-5-6-17-11(14)9(7-8(2)3)10(13)12(15)16-4/h5,8-10,13H,1,6-7H2,2-4H3/t9-,10+/m1/s1. The number of hydrogen-bond donors (Lipinski definition) is 1. The first-order chi connectivity index (χ1) is 7.93. The Morgan fingerprint density at radius 3 is 2.35 bits per heavy atom. The molecule has 0 radical (unpaired) electrons. The van der Waals surface area contributed by atoms with Crippen molar-refractivity contribution in [3.8, 4) is 0 Å². The molecule has 0 heterocycles. The van der Waals surface area contributed by atoms with Crippen LogP contribution in [0.2, 0.25) is 0 Å². The molecule has 0 spiro atoms. The summed E-state index contributed by atoms with van der Waals surface area (Å²) in [5.41, 5.74) is 0. The van der Waals surface area contributed by atoms with E-state index in [2.05, 4.69) is 11.3 Å². The summed E-state index contributed by atoms with van der Waals surface area (Å²) in [5.74, 6) is -2.19. The van der Waals surface area contributed by atoms with E-state index in [1.165, 1.54) is 6.08 Å². The summed E-state index contributed by atoms with van der Waals surface area (Å²) >= 11 is 0. The third kappa shape index (κ3) is 5.49. The molecule has 0 unspecified atom stereocenters. The SMILES string of the molecule is C=CCOC(=O)[C@H](CC(C)C)[C@H](O)C(=O)OC. The van der Waals surface area contributed by atoms with Crippen molar-refractivity contribution in [2.24, 2.45) is 11.8 Å². The zero-order chi connectivity index (χ0) is 13.4. The highest BCUT2D eigenvalue weighted by molar-refractivity contribution is 5.83. The average molecular weight is 244 g/mol. The molecule has 0 saturated heterocycles. The summed E-state index contributed by atoms with van der Waals surface area (Å²) in [4.78, 5) is 22.9. The molecule has 0 aromatic rings. The fraction of sp³-hybridized carbons (Fsp3) is 0.667. The summed E-state index contributed by atoms with van der Waals surface area (Å²) in [6, 6.07) is 0. The van der Waals surface area contributed by atoms with Gasteiger partial charge in [-0.25, -0.2) is 4.79 Å². The van der Waals surface area contributed by atoms with Gasteiger partial charge in [0.2, 0.25) is 0 Å². The van der Waals surface area contributed by atoms with E-state index in [0.29, 0.717) is 6.42 Å². The number of methoxy groups -OCH3 is 1. The van der Waals surface area contributed by atoms with E-state index in [4.69, 9.17) is 4.74 Å². The molecular weight excluding hydrogens is 224 g/mol. The topological polar surface area (TPSA) is 72.8 Å². The number of aliphatic hydroxyl groups excluding tert-OH is 1. The van der Waals surface area contributed by atoms with Gasteiger partial charge in [-0.3, -0.25) is 4.79 Å². The lowest BCUT2D eigenvalue weighted by atomic mass is 9.92. The van der Waals surface area contributed by atoms with E-state index < -0.39 is 24.0 Å². The van der Waals surface area contributed by atoms with E-state index >= 15 is 0 Å². The average Bonchev–Trinajstić information content (AvgIpc) is 2.30. The third-order valence-corrected chi connectivity index (χ3v) is 2.20. The van der Waals surface area contributed by atoms with Crippen molar-refractivity contribution >= 4 is 11.9 Å². The lowest BCUT2D eigenvalue weighted by molar-refractivity contribution is -0.165. The van der Waals surface area contributed by atoms with Crippen LogP contribution in [0, 0.1) is 11.8 Å². The maximum Gasteiger partial charge on any atom is 0.335 e. The van der Waals surface area contributed by atoms with Crippen LogP contribution in [0.25, 0.3) is 0 Å². The maximum absolute atomic E-state index is 11.7. The molecular formula is C12H20O5. The van der Waals surface area contributed by atoms with Crippen molar-refractivity contribution in [2.75, 3.05) is 13.7 Å². The lowest BCUT2D eigenvalue weighted by Crippen LogP contribution is -2.37. The number of ether oxygens (including phenoxy) is 2. The molecule has 1 N–H and O–H groups in total. The van der Waals surface area contributed by atoms with Gasteiger partial charge in [-0.15, -0.1) is 0 Å². The molecule has 17 heavy (non-hydrogen) atoms. The molecule has 2 atom stereocenters. The van der Waals surface area contributed by atoms with E-state index in [9.17, 15) is 14.7 Å². The minimum Gasteiger partial charge on any atom is -0.467 e. The highest BCUT2D eigenvalue weighted by atomic mass is 16.5. The molecule has 0 aliphatic rings. The van der Waals surface area contributed by atoms with Crippen LogP contribution in [-0.2, 0) is 19.1 Å². The maximum atomic E-state index is 11.7. The second-order valence-electron chi connectivity index (χ2n) is 4.12. The van der Waals surface area contributed by atoms with Crippen LogP contribution in [0.15, 0.2) is 12.7 Å². The van der Waals surface area contributed by atoms with Crippen LogP contribution in [-0.4, -0.2) is 36.9 Å². The molecule has 0 aromatic carbocycles. The fourth-order valence-corrected chi connectivity index (χ4v) is 1.40. The summed E-state index contributed by atoms with van der Waals surface area (Å²) in [5, 5.41) is 9.69. The predicted molar refractivity (Wildman–Crippen MR) is 62.1 cm³/mol. The van der Waals surface area contributed by atoms with Crippen molar-refractivity contribution in [2.45, 2.75) is 26.4 Å². The summed E-state index contributed by atoms with van der Waals surface area (Å²) in [6.45, 7) is 7.25. The van der Waals surface area contributed by atoms with Crippen LogP contribution in [0.3, 0.4) is 0 Å². The van der Waals surface area contributed by atoms with Crippen molar-refractivity contribution in [1.29, 1.82) is 0 Å². The van der Waals surface area contributed by atoms with Gasteiger partial charge in [-0.1, -0.05) is 26.5 Å². The normalized spacial score (nSPS) is 13.9. The van der Waals surface area contributed by atoms with Gasteiger partial charge in [-0.2, -0.15) is 0 Å². The Bertz CT molecular complexity index is 272. The fourth-order valence-electron chi connectivity index (χ4n) is 1.40. The summed E-state index contributed by atoms with van der Waals surface area (Å²) in [6.07, 6.45) is 0.292. The smallest absolute Gasteiger partial charge is 0.335 e. The molecule has 0 rings (SSSR count). The van der Waals surface area contributed by atoms with Crippen LogP contribution >= 0.6 is 0 Å². The Morgan fingerprint density at radius 2 is 1.94 bits per heavy atom. The van der Waals surface area contributed by atoms with E-state index in [1.54, 1.807) is 0 Å². The second-order valence-corrected chi connectivity index (χ2v) is 4.12. The monoisotopic (exact) mass is 244 g/mol. The predicted octanol–water partition coefficient (Wildman–Crippen LogP) is 0.912. The van der Waals surface area contributed by atoms with E-state index in [-0.39, 0.29) is 12.5 Å². The Hall–Kier alpha value is -1.36. The zero-order valence-electron chi connectivity index (χ0n) is 10.5. The Balaban J connectivity index is 4.67.